The van der Waals surface area contributed by atoms with Crippen LogP contribution in [0, 0.1) is 5.82 Å². The second-order valence-electron chi connectivity index (χ2n) is 7.05. The third-order valence-electron chi connectivity index (χ3n) is 4.82. The summed E-state index contributed by atoms with van der Waals surface area (Å²) in [6.07, 6.45) is 1.61. The fourth-order valence-electron chi connectivity index (χ4n) is 3.12. The van der Waals surface area contributed by atoms with Gasteiger partial charge in [-0.15, -0.1) is 0 Å². The molecule has 0 aliphatic carbocycles. The number of imide groups is 1. The highest BCUT2D eigenvalue weighted by Crippen LogP contribution is 2.34. The molecule has 3 aromatic rings. The van der Waals surface area contributed by atoms with Crippen LogP contribution in [-0.2, 0) is 11.4 Å². The van der Waals surface area contributed by atoms with Crippen molar-refractivity contribution in [3.05, 3.63) is 99.7 Å². The van der Waals surface area contributed by atoms with Gasteiger partial charge in [-0.3, -0.25) is 14.5 Å². The van der Waals surface area contributed by atoms with Gasteiger partial charge in [-0.1, -0.05) is 48.0 Å². The summed E-state index contributed by atoms with van der Waals surface area (Å²) in [4.78, 5) is 26.6. The lowest BCUT2D eigenvalue weighted by molar-refractivity contribution is -0.123. The topological polar surface area (TPSA) is 55.8 Å². The molecule has 0 radical (unpaired) electrons. The number of halogens is 2. The molecule has 1 aliphatic heterocycles. The number of rotatable bonds is 8. The minimum absolute atomic E-state index is 0.0427. The van der Waals surface area contributed by atoms with E-state index in [-0.39, 0.29) is 35.7 Å². The quantitative estimate of drug-likeness (QED) is 0.358. The Labute approximate surface area is 199 Å². The molecule has 3 aromatic carbocycles. The van der Waals surface area contributed by atoms with E-state index in [9.17, 15) is 14.0 Å². The van der Waals surface area contributed by atoms with E-state index in [2.05, 4.69) is 0 Å². The third-order valence-corrected chi connectivity index (χ3v) is 5.98. The molecule has 1 aliphatic rings. The minimum atomic E-state index is -0.395. The molecule has 5 nitrogen and oxygen atoms in total. The number of thioether (sulfide) groups is 1. The molecule has 0 spiro atoms. The monoisotopic (exact) mass is 483 g/mol. The minimum Gasteiger partial charge on any atom is -0.492 e. The first-order valence-electron chi connectivity index (χ1n) is 10.1. The Morgan fingerprint density at radius 1 is 0.939 bits per heavy atom. The first-order valence-corrected chi connectivity index (χ1v) is 11.3. The summed E-state index contributed by atoms with van der Waals surface area (Å²) in [5.41, 5.74) is 1.05. The van der Waals surface area contributed by atoms with Crippen LogP contribution >= 0.6 is 23.4 Å². The van der Waals surface area contributed by atoms with Crippen LogP contribution in [0.1, 0.15) is 11.1 Å². The molecule has 0 N–H and O–H groups in total. The number of amides is 2. The van der Waals surface area contributed by atoms with E-state index < -0.39 is 5.91 Å². The van der Waals surface area contributed by atoms with Crippen LogP contribution in [0.25, 0.3) is 6.08 Å². The molecule has 1 saturated heterocycles. The second kappa shape index (κ2) is 10.6. The maximum Gasteiger partial charge on any atom is 0.293 e. The zero-order valence-electron chi connectivity index (χ0n) is 17.4. The molecule has 1 fully saturated rings. The van der Waals surface area contributed by atoms with Crippen molar-refractivity contribution >= 4 is 40.6 Å². The van der Waals surface area contributed by atoms with Gasteiger partial charge in [0.25, 0.3) is 11.1 Å². The Balaban J connectivity index is 1.41. The highest BCUT2D eigenvalue weighted by atomic mass is 35.5. The number of carbonyl (C=O) groups is 2. The highest BCUT2D eigenvalue weighted by molar-refractivity contribution is 8.18. The van der Waals surface area contributed by atoms with E-state index in [1.807, 2.05) is 0 Å². The fraction of sp³-hybridized carbons (Fsp3) is 0.120. The van der Waals surface area contributed by atoms with Crippen molar-refractivity contribution < 1.29 is 23.5 Å². The number of nitrogens with zero attached hydrogens (tertiary/aromatic N) is 1. The molecule has 0 saturated carbocycles. The van der Waals surface area contributed by atoms with Crippen LogP contribution in [0.4, 0.5) is 9.18 Å². The lowest BCUT2D eigenvalue weighted by Gasteiger charge is -2.13. The summed E-state index contributed by atoms with van der Waals surface area (Å²) in [6, 6.07) is 20.3. The highest BCUT2D eigenvalue weighted by Gasteiger charge is 2.35. The predicted octanol–water partition coefficient (Wildman–Crippen LogP) is 6.17. The molecule has 8 heteroatoms. The molecule has 0 unspecified atom stereocenters. The summed E-state index contributed by atoms with van der Waals surface area (Å²) in [5, 5.41) is 0.229. The second-order valence-corrected chi connectivity index (χ2v) is 8.48. The van der Waals surface area contributed by atoms with Crippen molar-refractivity contribution in [1.29, 1.82) is 0 Å². The van der Waals surface area contributed by atoms with Crippen molar-refractivity contribution in [3.8, 4) is 11.5 Å². The van der Waals surface area contributed by atoms with Gasteiger partial charge in [0, 0.05) is 16.1 Å². The zero-order valence-corrected chi connectivity index (χ0v) is 18.9. The summed E-state index contributed by atoms with van der Waals surface area (Å²) < 4.78 is 25.3. The normalized spacial score (nSPS) is 14.7. The van der Waals surface area contributed by atoms with E-state index in [1.165, 1.54) is 6.07 Å². The van der Waals surface area contributed by atoms with Crippen LogP contribution in [0.2, 0.25) is 5.02 Å². The molecular formula is C25H19ClFNO4S. The van der Waals surface area contributed by atoms with Gasteiger partial charge in [-0.25, -0.2) is 4.39 Å². The van der Waals surface area contributed by atoms with Gasteiger partial charge in [0.15, 0.2) is 0 Å². The summed E-state index contributed by atoms with van der Waals surface area (Å²) >= 11 is 6.71. The van der Waals surface area contributed by atoms with Crippen LogP contribution in [-0.4, -0.2) is 29.2 Å². The molecule has 0 atom stereocenters. The lowest BCUT2D eigenvalue weighted by Crippen LogP contribution is -2.32. The third kappa shape index (κ3) is 5.74. The summed E-state index contributed by atoms with van der Waals surface area (Å²) in [5.74, 6) is 0.340. The van der Waals surface area contributed by atoms with E-state index in [0.717, 1.165) is 16.7 Å². The van der Waals surface area contributed by atoms with Crippen LogP contribution in [0.5, 0.6) is 11.5 Å². The number of hydrogen-bond donors (Lipinski definition) is 0. The predicted molar refractivity (Wildman–Crippen MR) is 127 cm³/mol. The van der Waals surface area contributed by atoms with Crippen molar-refractivity contribution in [1.82, 2.24) is 4.90 Å². The van der Waals surface area contributed by atoms with E-state index in [1.54, 1.807) is 72.8 Å². The Bertz CT molecular complexity index is 1200. The SMILES string of the molecule is O=C1S/C(=C\c2ccccc2OCc2ccccc2F)C(=O)N1CCOc1ccc(Cl)cc1. The lowest BCUT2D eigenvalue weighted by atomic mass is 10.1. The van der Waals surface area contributed by atoms with Gasteiger partial charge in [-0.05, 0) is 54.2 Å². The Hall–Kier alpha value is -3.29. The number of benzene rings is 3. The molecule has 4 rings (SSSR count). The van der Waals surface area contributed by atoms with Crippen molar-refractivity contribution in [2.75, 3.05) is 13.2 Å². The van der Waals surface area contributed by atoms with Crippen LogP contribution < -0.4 is 9.47 Å². The molecule has 0 bridgehead atoms. The Kier molecular flexibility index (Phi) is 7.32. The van der Waals surface area contributed by atoms with Gasteiger partial charge in [0.1, 0.15) is 30.5 Å². The van der Waals surface area contributed by atoms with Crippen molar-refractivity contribution in [3.63, 3.8) is 0 Å². The Morgan fingerprint density at radius 2 is 1.67 bits per heavy atom. The smallest absolute Gasteiger partial charge is 0.293 e. The maximum absolute atomic E-state index is 13.9. The van der Waals surface area contributed by atoms with Gasteiger partial charge in [0.2, 0.25) is 0 Å². The first kappa shape index (κ1) is 22.9. The van der Waals surface area contributed by atoms with Crippen molar-refractivity contribution in [2.24, 2.45) is 0 Å². The van der Waals surface area contributed by atoms with Gasteiger partial charge < -0.3 is 9.47 Å². The summed E-state index contributed by atoms with van der Waals surface area (Å²) in [7, 11) is 0. The average molecular weight is 484 g/mol. The zero-order chi connectivity index (χ0) is 23.2. The standard InChI is InChI=1S/C25H19ClFNO4S/c26-19-9-11-20(12-10-19)31-14-13-28-24(29)23(33-25(28)30)15-17-5-2-4-8-22(17)32-16-18-6-1-3-7-21(18)27/h1-12,15H,13-14,16H2/b23-15-. The van der Waals surface area contributed by atoms with Crippen molar-refractivity contribution in [2.45, 2.75) is 6.61 Å². The molecular weight excluding hydrogens is 465 g/mol. The maximum atomic E-state index is 13.9. The van der Waals surface area contributed by atoms with E-state index in [4.69, 9.17) is 21.1 Å². The fourth-order valence-corrected chi connectivity index (χ4v) is 4.10. The molecule has 33 heavy (non-hydrogen) atoms. The number of para-hydroxylation sites is 1. The average Bonchev–Trinajstić information content (AvgIpc) is 3.08. The van der Waals surface area contributed by atoms with E-state index >= 15 is 0 Å². The number of hydrogen-bond acceptors (Lipinski definition) is 5. The first-order chi connectivity index (χ1) is 16.0. The molecule has 0 aromatic heterocycles. The number of carbonyl (C=O) groups excluding carboxylic acids is 2. The van der Waals surface area contributed by atoms with Gasteiger partial charge in [-0.2, -0.15) is 0 Å². The molecule has 2 amide bonds. The van der Waals surface area contributed by atoms with E-state index in [0.29, 0.717) is 27.6 Å². The largest absolute Gasteiger partial charge is 0.492 e. The van der Waals surface area contributed by atoms with Crippen LogP contribution in [0.3, 0.4) is 0 Å². The van der Waals surface area contributed by atoms with Gasteiger partial charge >= 0.3 is 0 Å². The molecule has 1 heterocycles. The molecule has 168 valence electrons. The number of ether oxygens (including phenoxy) is 2. The van der Waals surface area contributed by atoms with Crippen LogP contribution in [0.15, 0.2) is 77.7 Å². The Morgan fingerprint density at radius 3 is 2.45 bits per heavy atom. The summed E-state index contributed by atoms with van der Waals surface area (Å²) in [6.45, 7) is 0.326. The van der Waals surface area contributed by atoms with Gasteiger partial charge in [0.05, 0.1) is 11.4 Å².